The molecule has 0 amide bonds. The zero-order valence-electron chi connectivity index (χ0n) is 6.68. The maximum atomic E-state index is 12.3. The quantitative estimate of drug-likeness (QED) is 0.183. The van der Waals surface area contributed by atoms with Gasteiger partial charge in [-0.3, -0.25) is 8.78 Å². The first-order chi connectivity index (χ1) is 5.46. The Kier molecular flexibility index (Phi) is 6.52. The van der Waals surface area contributed by atoms with Gasteiger partial charge in [-0.15, -0.1) is 5.56 Å². The molecule has 0 spiro atoms. The summed E-state index contributed by atoms with van der Waals surface area (Å²) in [5, 5.41) is 0. The van der Waals surface area contributed by atoms with Gasteiger partial charge >= 0.3 is 23.1 Å². The summed E-state index contributed by atoms with van der Waals surface area (Å²) >= 11 is 0. The molecule has 0 saturated carbocycles. The summed E-state index contributed by atoms with van der Waals surface area (Å²) < 4.78 is 61.3. The van der Waals surface area contributed by atoms with E-state index in [1.807, 2.05) is 0 Å². The Labute approximate surface area is 99.0 Å². The third-order valence-corrected chi connectivity index (χ3v) is 1.30. The predicted octanol–water partition coefficient (Wildman–Crippen LogP) is -0.813. The van der Waals surface area contributed by atoms with Crippen molar-refractivity contribution in [3.8, 4) is 0 Å². The molecule has 1 rings (SSSR count). The number of rotatable bonds is 0. The van der Waals surface area contributed by atoms with E-state index in [1.54, 1.807) is 0 Å². The summed E-state index contributed by atoms with van der Waals surface area (Å²) in [5.41, 5.74) is -1.12. The molecule has 1 aromatic rings. The first kappa shape index (κ1) is 16.2. The smallest absolute Gasteiger partial charge is 1.00 e. The third kappa shape index (κ3) is 2.43. The molecule has 0 heterocycles. The first-order valence-corrected chi connectivity index (χ1v) is 2.80. The van der Waals surface area contributed by atoms with Crippen molar-refractivity contribution in [1.29, 1.82) is 0 Å². The zero-order chi connectivity index (χ0) is 9.46. The molecule has 14 heavy (non-hydrogen) atoms. The van der Waals surface area contributed by atoms with Gasteiger partial charge in [-0.25, -0.2) is 13.2 Å². The average Bonchev–Trinajstić information content (AvgIpc) is 2.08. The third-order valence-electron chi connectivity index (χ3n) is 1.30. The van der Waals surface area contributed by atoms with Crippen LogP contribution < -0.4 is 12.4 Å². The van der Waals surface area contributed by atoms with Crippen LogP contribution in [-0.2, 0) is 0 Å². The van der Waals surface area contributed by atoms with Crippen LogP contribution in [0.2, 0.25) is 0 Å². The van der Waals surface area contributed by atoms with E-state index in [9.17, 15) is 22.0 Å². The minimum absolute atomic E-state index is 0. The Hall–Kier alpha value is -0.204. The monoisotopic (exact) mass is 240 g/mol. The standard InChI is InChI=1S/C7H2F5.ClH.Mg/c1-2-3(8)5(10)7(12)6(11)4(2)9;;/h1H2;1H;/q-1;;+2/p-1. The Balaban J connectivity index is 0. The topological polar surface area (TPSA) is 0 Å². The van der Waals surface area contributed by atoms with E-state index in [4.69, 9.17) is 0 Å². The maximum absolute atomic E-state index is 12.3. The Morgan fingerprint density at radius 2 is 0.857 bits per heavy atom. The average molecular weight is 241 g/mol. The van der Waals surface area contributed by atoms with Crippen LogP contribution in [0.3, 0.4) is 0 Å². The molecule has 0 saturated heterocycles. The summed E-state index contributed by atoms with van der Waals surface area (Å²) in [5.74, 6) is -9.91. The number of halogens is 6. The van der Waals surface area contributed by atoms with Crippen LogP contribution in [0.25, 0.3) is 0 Å². The Morgan fingerprint density at radius 3 is 1.14 bits per heavy atom. The van der Waals surface area contributed by atoms with E-state index < -0.39 is 34.6 Å². The van der Waals surface area contributed by atoms with E-state index in [0.717, 1.165) is 0 Å². The van der Waals surface area contributed by atoms with Crippen LogP contribution in [-0.4, -0.2) is 23.1 Å². The number of hydrogen-bond donors (Lipinski definition) is 0. The van der Waals surface area contributed by atoms with Gasteiger partial charge in [0.05, 0.1) is 11.6 Å². The molecule has 0 atom stereocenters. The van der Waals surface area contributed by atoms with Gasteiger partial charge in [0.15, 0.2) is 5.82 Å². The summed E-state index contributed by atoms with van der Waals surface area (Å²) in [4.78, 5) is 0. The molecule has 0 aliphatic heterocycles. The molecule has 1 aromatic carbocycles. The number of benzene rings is 1. The molecule has 0 N–H and O–H groups in total. The van der Waals surface area contributed by atoms with Gasteiger partial charge in [0.25, 0.3) is 0 Å². The Morgan fingerprint density at radius 1 is 0.643 bits per heavy atom. The Bertz CT molecular complexity index is 236. The predicted molar refractivity (Wildman–Crippen MR) is 36.4 cm³/mol. The zero-order valence-corrected chi connectivity index (χ0v) is 8.85. The SMILES string of the molecule is [CH2-]c1c(F)c(F)c(F)c(F)c1F.[Cl-].[Mg+2]. The van der Waals surface area contributed by atoms with Crippen LogP contribution in [0, 0.1) is 36.0 Å². The second-order valence-corrected chi connectivity index (χ2v) is 2.05. The van der Waals surface area contributed by atoms with Crippen LogP contribution in [0.1, 0.15) is 5.56 Å². The van der Waals surface area contributed by atoms with Crippen molar-refractivity contribution in [3.63, 3.8) is 0 Å². The minimum Gasteiger partial charge on any atom is -1.00 e. The molecule has 0 bridgehead atoms. The number of hydrogen-bond acceptors (Lipinski definition) is 0. The van der Waals surface area contributed by atoms with Crippen molar-refractivity contribution < 1.29 is 34.4 Å². The second-order valence-electron chi connectivity index (χ2n) is 2.05. The van der Waals surface area contributed by atoms with Crippen molar-refractivity contribution in [2.75, 3.05) is 0 Å². The molecule has 74 valence electrons. The van der Waals surface area contributed by atoms with E-state index >= 15 is 0 Å². The van der Waals surface area contributed by atoms with Gasteiger partial charge < -0.3 is 12.4 Å². The fourth-order valence-electron chi connectivity index (χ4n) is 0.650. The van der Waals surface area contributed by atoms with Gasteiger partial charge in [-0.1, -0.05) is 0 Å². The summed E-state index contributed by atoms with van der Waals surface area (Å²) in [7, 11) is 0. The van der Waals surface area contributed by atoms with Gasteiger partial charge in [-0.05, 0) is 0 Å². The van der Waals surface area contributed by atoms with Crippen molar-refractivity contribution >= 4 is 23.1 Å². The van der Waals surface area contributed by atoms with Crippen molar-refractivity contribution in [2.24, 2.45) is 0 Å². The maximum Gasteiger partial charge on any atom is 2.00 e. The molecular formula is C7H2ClF5Mg. The van der Waals surface area contributed by atoms with E-state index in [-0.39, 0.29) is 35.5 Å². The first-order valence-electron chi connectivity index (χ1n) is 2.80. The van der Waals surface area contributed by atoms with E-state index in [1.165, 1.54) is 0 Å². The molecule has 0 unspecified atom stereocenters. The molecular weight excluding hydrogens is 239 g/mol. The molecule has 7 heteroatoms. The molecule has 0 radical (unpaired) electrons. The van der Waals surface area contributed by atoms with E-state index in [2.05, 4.69) is 6.92 Å². The minimum atomic E-state index is -2.17. The van der Waals surface area contributed by atoms with Crippen LogP contribution >= 0.6 is 0 Å². The van der Waals surface area contributed by atoms with Gasteiger partial charge in [0, 0.05) is 0 Å². The molecule has 0 nitrogen and oxygen atoms in total. The second kappa shape index (κ2) is 5.62. The van der Waals surface area contributed by atoms with Crippen LogP contribution in [0.5, 0.6) is 0 Å². The summed E-state index contributed by atoms with van der Waals surface area (Å²) in [6.07, 6.45) is 0. The molecule has 0 aromatic heterocycles. The van der Waals surface area contributed by atoms with Crippen molar-refractivity contribution in [2.45, 2.75) is 0 Å². The van der Waals surface area contributed by atoms with Gasteiger partial charge in [-0.2, -0.15) is 6.92 Å². The fourth-order valence-corrected chi connectivity index (χ4v) is 0.650. The largest absolute Gasteiger partial charge is 2.00 e. The normalized spacial score (nSPS) is 8.93. The van der Waals surface area contributed by atoms with Gasteiger partial charge in [0.1, 0.15) is 11.6 Å². The molecule has 0 aliphatic carbocycles. The fraction of sp³-hybridized carbons (Fsp3) is 0. The van der Waals surface area contributed by atoms with Crippen LogP contribution in [0.4, 0.5) is 22.0 Å². The summed E-state index contributed by atoms with van der Waals surface area (Å²) in [6.45, 7) is 2.69. The van der Waals surface area contributed by atoms with E-state index in [0.29, 0.717) is 0 Å². The van der Waals surface area contributed by atoms with Crippen LogP contribution in [0.15, 0.2) is 0 Å². The summed E-state index contributed by atoms with van der Waals surface area (Å²) in [6, 6.07) is 0. The molecule has 0 fully saturated rings. The van der Waals surface area contributed by atoms with Crippen molar-refractivity contribution in [1.82, 2.24) is 0 Å². The van der Waals surface area contributed by atoms with Crippen molar-refractivity contribution in [3.05, 3.63) is 41.6 Å². The van der Waals surface area contributed by atoms with Gasteiger partial charge in [0.2, 0.25) is 0 Å². The molecule has 0 aliphatic rings.